The van der Waals surface area contributed by atoms with Crippen LogP contribution in [0.1, 0.15) is 31.8 Å². The van der Waals surface area contributed by atoms with Gasteiger partial charge in [0.25, 0.3) is 11.8 Å². The van der Waals surface area contributed by atoms with Gasteiger partial charge in [0, 0.05) is 27.4 Å². The summed E-state index contributed by atoms with van der Waals surface area (Å²) >= 11 is 1.21. The molecule has 0 unspecified atom stereocenters. The van der Waals surface area contributed by atoms with Gasteiger partial charge in [-0.05, 0) is 67.1 Å². The average molecular weight is 584 g/mol. The Bertz CT molecular complexity index is 1670. The number of aryl methyl sites for hydroxylation is 1. The van der Waals surface area contributed by atoms with Crippen molar-refractivity contribution in [1.82, 2.24) is 5.32 Å². The monoisotopic (exact) mass is 583 g/mol. The van der Waals surface area contributed by atoms with E-state index in [0.29, 0.717) is 21.8 Å². The van der Waals surface area contributed by atoms with E-state index in [-0.39, 0.29) is 28.5 Å². The summed E-state index contributed by atoms with van der Waals surface area (Å²) in [6, 6.07) is 25.4. The molecule has 0 fully saturated rings. The summed E-state index contributed by atoms with van der Waals surface area (Å²) in [5.41, 5.74) is 1.88. The molecule has 212 valence electrons. The molecule has 4 aromatic carbocycles. The first-order valence-corrected chi connectivity index (χ1v) is 13.7. The van der Waals surface area contributed by atoms with Crippen molar-refractivity contribution in [3.05, 3.63) is 131 Å². The van der Waals surface area contributed by atoms with Gasteiger partial charge >= 0.3 is 5.97 Å². The van der Waals surface area contributed by atoms with E-state index in [4.69, 9.17) is 0 Å². The lowest BCUT2D eigenvalue weighted by molar-refractivity contribution is -0.114. The Morgan fingerprint density at radius 3 is 2.31 bits per heavy atom. The smallest absolute Gasteiger partial charge is 0.335 e. The molecule has 0 aliphatic carbocycles. The molecule has 4 rings (SSSR count). The quantitative estimate of drug-likeness (QED) is 0.135. The van der Waals surface area contributed by atoms with Crippen molar-refractivity contribution in [2.75, 3.05) is 16.4 Å². The second kappa shape index (κ2) is 13.9. The van der Waals surface area contributed by atoms with Crippen LogP contribution >= 0.6 is 11.8 Å². The van der Waals surface area contributed by atoms with Crippen LogP contribution in [0, 0.1) is 12.7 Å². The number of anilines is 2. The van der Waals surface area contributed by atoms with E-state index < -0.39 is 23.6 Å². The molecule has 0 saturated carbocycles. The highest BCUT2D eigenvalue weighted by atomic mass is 32.2. The second-order valence-corrected chi connectivity index (χ2v) is 10.1. The fourth-order valence-electron chi connectivity index (χ4n) is 3.78. The van der Waals surface area contributed by atoms with Crippen molar-refractivity contribution in [3.63, 3.8) is 0 Å². The van der Waals surface area contributed by atoms with Crippen molar-refractivity contribution in [2.24, 2.45) is 0 Å². The summed E-state index contributed by atoms with van der Waals surface area (Å²) in [4.78, 5) is 50.5. The number of nitrogens with one attached hydrogen (secondary N) is 3. The first-order chi connectivity index (χ1) is 20.2. The van der Waals surface area contributed by atoms with Crippen molar-refractivity contribution in [2.45, 2.75) is 11.8 Å². The lowest BCUT2D eigenvalue weighted by atomic mass is 10.1. The number of benzene rings is 4. The molecule has 0 heterocycles. The van der Waals surface area contributed by atoms with Gasteiger partial charge in [-0.25, -0.2) is 9.18 Å². The van der Waals surface area contributed by atoms with Crippen molar-refractivity contribution in [3.8, 4) is 0 Å². The van der Waals surface area contributed by atoms with Crippen LogP contribution < -0.4 is 16.0 Å². The maximum absolute atomic E-state index is 14.4. The molecule has 0 atom stereocenters. The van der Waals surface area contributed by atoms with Gasteiger partial charge in [-0.2, -0.15) is 0 Å². The summed E-state index contributed by atoms with van der Waals surface area (Å²) < 4.78 is 14.4. The number of rotatable bonds is 10. The van der Waals surface area contributed by atoms with Crippen LogP contribution in [0.3, 0.4) is 0 Å². The minimum atomic E-state index is -1.09. The molecule has 0 aliphatic heterocycles. The van der Waals surface area contributed by atoms with Crippen LogP contribution in [0.5, 0.6) is 0 Å². The molecule has 4 aromatic rings. The molecule has 10 heteroatoms. The Morgan fingerprint density at radius 1 is 0.833 bits per heavy atom. The second-order valence-electron chi connectivity index (χ2n) is 9.05. The molecule has 4 N–H and O–H groups in total. The maximum atomic E-state index is 14.4. The third-order valence-corrected chi connectivity index (χ3v) is 6.95. The van der Waals surface area contributed by atoms with Crippen LogP contribution in [0.25, 0.3) is 6.08 Å². The molecule has 0 radical (unpaired) electrons. The van der Waals surface area contributed by atoms with E-state index in [0.717, 1.165) is 5.56 Å². The molecule has 0 saturated heterocycles. The third kappa shape index (κ3) is 8.15. The van der Waals surface area contributed by atoms with Gasteiger partial charge in [0.05, 0.1) is 11.3 Å². The number of amides is 3. The maximum Gasteiger partial charge on any atom is 0.335 e. The molecule has 0 spiro atoms. The lowest BCUT2D eigenvalue weighted by Gasteiger charge is -2.13. The number of aromatic carboxylic acids is 1. The Morgan fingerprint density at radius 2 is 1.57 bits per heavy atom. The van der Waals surface area contributed by atoms with Gasteiger partial charge in [-0.3, -0.25) is 14.4 Å². The number of hydrogen-bond acceptors (Lipinski definition) is 5. The zero-order chi connectivity index (χ0) is 30.1. The molecule has 8 nitrogen and oxygen atoms in total. The topological polar surface area (TPSA) is 125 Å². The zero-order valence-corrected chi connectivity index (χ0v) is 23.2. The number of carbonyl (C=O) groups is 4. The Balaban J connectivity index is 1.45. The first kappa shape index (κ1) is 29.8. The number of halogens is 1. The van der Waals surface area contributed by atoms with E-state index in [1.807, 2.05) is 0 Å². The number of carbonyl (C=O) groups excluding carboxylic acids is 3. The van der Waals surface area contributed by atoms with Gasteiger partial charge < -0.3 is 21.1 Å². The normalized spacial score (nSPS) is 11.0. The lowest BCUT2D eigenvalue weighted by Crippen LogP contribution is -2.30. The van der Waals surface area contributed by atoms with Gasteiger partial charge in [-0.1, -0.05) is 48.5 Å². The summed E-state index contributed by atoms with van der Waals surface area (Å²) in [7, 11) is 0. The SMILES string of the molecule is Cc1ccc(C(=O)O)cc1NC(=O)CSc1cccc(NC(=O)/C(=C/c2ccccc2F)NC(=O)c2ccccc2)c1. The number of hydrogen-bond donors (Lipinski definition) is 4. The Hall–Kier alpha value is -5.22. The van der Waals surface area contributed by atoms with E-state index in [9.17, 15) is 28.7 Å². The van der Waals surface area contributed by atoms with Crippen molar-refractivity contribution >= 4 is 52.9 Å². The fourth-order valence-corrected chi connectivity index (χ4v) is 4.53. The van der Waals surface area contributed by atoms with Gasteiger partial charge in [0.1, 0.15) is 11.5 Å². The van der Waals surface area contributed by atoms with Gasteiger partial charge in [0.2, 0.25) is 5.91 Å². The van der Waals surface area contributed by atoms with E-state index >= 15 is 0 Å². The average Bonchev–Trinajstić information content (AvgIpc) is 2.98. The molecule has 3 amide bonds. The van der Waals surface area contributed by atoms with Crippen LogP contribution in [0.15, 0.2) is 108 Å². The highest BCUT2D eigenvalue weighted by Gasteiger charge is 2.16. The minimum absolute atomic E-state index is 0.0275. The zero-order valence-electron chi connectivity index (χ0n) is 22.4. The highest BCUT2D eigenvalue weighted by Crippen LogP contribution is 2.24. The number of thioether (sulfide) groups is 1. The summed E-state index contributed by atoms with van der Waals surface area (Å²) in [5.74, 6) is -3.16. The van der Waals surface area contributed by atoms with Gasteiger partial charge in [-0.15, -0.1) is 11.8 Å². The predicted octanol–water partition coefficient (Wildman–Crippen LogP) is 5.97. The van der Waals surface area contributed by atoms with Crippen molar-refractivity contribution in [1.29, 1.82) is 0 Å². The van der Waals surface area contributed by atoms with E-state index in [1.54, 1.807) is 73.7 Å². The molecular formula is C32H26FN3O5S. The number of carboxylic acid groups (broad SMARTS) is 1. The largest absolute Gasteiger partial charge is 0.478 e. The third-order valence-electron chi connectivity index (χ3n) is 5.95. The minimum Gasteiger partial charge on any atom is -0.478 e. The standard InChI is InChI=1S/C32H26FN3O5S/c1-20-14-15-23(32(40)41)17-27(20)35-29(37)19-42-25-12-7-11-24(18-25)34-31(39)28(16-22-10-5-6-13-26(22)33)36-30(38)21-8-3-2-4-9-21/h2-18H,19H2,1H3,(H,34,39)(H,35,37)(H,36,38)(H,40,41)/b28-16-. The Kier molecular flexibility index (Phi) is 9.85. The van der Waals surface area contributed by atoms with Gasteiger partial charge in [0.15, 0.2) is 0 Å². The van der Waals surface area contributed by atoms with Crippen LogP contribution in [-0.4, -0.2) is 34.6 Å². The van der Waals surface area contributed by atoms with E-state index in [2.05, 4.69) is 16.0 Å². The molecule has 0 bridgehead atoms. The molecule has 42 heavy (non-hydrogen) atoms. The van der Waals surface area contributed by atoms with Crippen LogP contribution in [0.2, 0.25) is 0 Å². The van der Waals surface area contributed by atoms with Crippen molar-refractivity contribution < 1.29 is 28.7 Å². The van der Waals surface area contributed by atoms with Crippen LogP contribution in [0.4, 0.5) is 15.8 Å². The Labute approximate surface area is 245 Å². The summed E-state index contributed by atoms with van der Waals surface area (Å²) in [5, 5.41) is 17.2. The molecule has 0 aliphatic rings. The summed E-state index contributed by atoms with van der Waals surface area (Å²) in [6.45, 7) is 1.76. The fraction of sp³-hybridized carbons (Fsp3) is 0.0625. The van der Waals surface area contributed by atoms with E-state index in [1.165, 1.54) is 48.2 Å². The predicted molar refractivity (Wildman–Crippen MR) is 161 cm³/mol. The highest BCUT2D eigenvalue weighted by molar-refractivity contribution is 8.00. The van der Waals surface area contributed by atoms with Crippen LogP contribution in [-0.2, 0) is 9.59 Å². The first-order valence-electron chi connectivity index (χ1n) is 12.7. The molecular weight excluding hydrogens is 557 g/mol. The molecule has 0 aromatic heterocycles. The number of carboxylic acids is 1. The summed E-state index contributed by atoms with van der Waals surface area (Å²) in [6.07, 6.45) is 1.26.